The fraction of sp³-hybridized carbons (Fsp3) is 0.462. The minimum atomic E-state index is 0.122. The third-order valence-electron chi connectivity index (χ3n) is 5.55. The van der Waals surface area contributed by atoms with Crippen molar-refractivity contribution in [1.82, 2.24) is 0 Å². The van der Waals surface area contributed by atoms with E-state index >= 15 is 0 Å². The van der Waals surface area contributed by atoms with Crippen LogP contribution in [0, 0.1) is 23.7 Å². The number of benzene rings is 2. The Labute approximate surface area is 165 Å². The lowest BCUT2D eigenvalue weighted by atomic mass is 9.74. The summed E-state index contributed by atoms with van der Waals surface area (Å²) >= 11 is 0. The molecule has 0 amide bonds. The zero-order chi connectivity index (χ0) is 18.7. The summed E-state index contributed by atoms with van der Waals surface area (Å²) < 4.78 is 6.54. The summed E-state index contributed by atoms with van der Waals surface area (Å²) in [5.74, 6) is 8.03. The average Bonchev–Trinajstić information content (AvgIpc) is 2.74. The van der Waals surface area contributed by atoms with Gasteiger partial charge in [-0.15, -0.1) is 5.92 Å². The molecule has 1 aliphatic carbocycles. The Morgan fingerprint density at radius 2 is 1.67 bits per heavy atom. The molecule has 0 aromatic heterocycles. The van der Waals surface area contributed by atoms with Gasteiger partial charge >= 0.3 is 0 Å². The molecule has 3 rings (SSSR count). The van der Waals surface area contributed by atoms with Crippen molar-refractivity contribution in [3.05, 3.63) is 71.8 Å². The molecule has 1 fully saturated rings. The lowest BCUT2D eigenvalue weighted by Gasteiger charge is -2.35. The van der Waals surface area contributed by atoms with Crippen LogP contribution in [0.25, 0.3) is 0 Å². The number of rotatable bonds is 7. The van der Waals surface area contributed by atoms with Crippen LogP contribution in [0.1, 0.15) is 69.1 Å². The third-order valence-corrected chi connectivity index (χ3v) is 5.55. The molecule has 1 saturated carbocycles. The summed E-state index contributed by atoms with van der Waals surface area (Å²) in [5.41, 5.74) is 2.53. The highest BCUT2D eigenvalue weighted by atomic mass is 16.5. The highest BCUT2D eigenvalue weighted by Crippen LogP contribution is 2.41. The fourth-order valence-corrected chi connectivity index (χ4v) is 4.04. The molecular weight excluding hydrogens is 328 g/mol. The maximum absolute atomic E-state index is 6.54. The normalized spacial score (nSPS) is 20.5. The van der Waals surface area contributed by atoms with Gasteiger partial charge in [-0.1, -0.05) is 92.8 Å². The van der Waals surface area contributed by atoms with Gasteiger partial charge in [0.1, 0.15) is 0 Å². The van der Waals surface area contributed by atoms with Gasteiger partial charge in [0.05, 0.1) is 12.7 Å². The topological polar surface area (TPSA) is 9.23 Å². The molecule has 0 heterocycles. The van der Waals surface area contributed by atoms with E-state index in [1.54, 1.807) is 0 Å². The second-order valence-corrected chi connectivity index (χ2v) is 7.61. The average molecular weight is 361 g/mol. The van der Waals surface area contributed by atoms with E-state index in [0.29, 0.717) is 18.4 Å². The van der Waals surface area contributed by atoms with E-state index in [4.69, 9.17) is 4.74 Å². The Morgan fingerprint density at radius 3 is 2.41 bits per heavy atom. The molecule has 0 aliphatic heterocycles. The van der Waals surface area contributed by atoms with Crippen molar-refractivity contribution in [2.45, 2.75) is 64.6 Å². The summed E-state index contributed by atoms with van der Waals surface area (Å²) in [6.07, 6.45) is 8.58. The number of hydrogen-bond acceptors (Lipinski definition) is 1. The lowest BCUT2D eigenvalue weighted by molar-refractivity contribution is -0.0233. The second kappa shape index (κ2) is 11.0. The van der Waals surface area contributed by atoms with Crippen LogP contribution >= 0.6 is 0 Å². The van der Waals surface area contributed by atoms with E-state index in [1.807, 2.05) is 0 Å². The van der Waals surface area contributed by atoms with Crippen LogP contribution in [0.3, 0.4) is 0 Å². The minimum absolute atomic E-state index is 0.122. The summed E-state index contributed by atoms with van der Waals surface area (Å²) in [6, 6.07) is 21.3. The number of ether oxygens (including phenoxy) is 1. The van der Waals surface area contributed by atoms with Crippen LogP contribution in [-0.4, -0.2) is 0 Å². The molecule has 0 N–H and O–H groups in total. The standard InChI is InChI=1S/C26H32O/c1-2-3-4-9-16-23-17-12-13-20-25(23)26(24-18-10-6-11-19-24)27-21-22-14-7-5-8-15-22/h5-8,10-11,14-15,18-19,23,25-26H,2-4,12-13,17,20-21H2,1H3/t23-,25-,26-/m0/s1. The molecule has 0 radical (unpaired) electrons. The molecule has 0 unspecified atom stereocenters. The van der Waals surface area contributed by atoms with Gasteiger partial charge < -0.3 is 4.74 Å². The van der Waals surface area contributed by atoms with Gasteiger partial charge in [0.2, 0.25) is 0 Å². The Balaban J connectivity index is 1.77. The summed E-state index contributed by atoms with van der Waals surface area (Å²) in [4.78, 5) is 0. The predicted octanol–water partition coefficient (Wildman–Crippen LogP) is 6.94. The van der Waals surface area contributed by atoms with Crippen LogP contribution in [0.4, 0.5) is 0 Å². The first kappa shape index (κ1) is 19.7. The Hall–Kier alpha value is -2.04. The van der Waals surface area contributed by atoms with E-state index < -0.39 is 0 Å². The summed E-state index contributed by atoms with van der Waals surface area (Å²) in [6.45, 7) is 2.89. The molecule has 1 aliphatic rings. The Bertz CT molecular complexity index is 710. The Morgan fingerprint density at radius 1 is 0.963 bits per heavy atom. The van der Waals surface area contributed by atoms with Crippen molar-refractivity contribution in [2.75, 3.05) is 0 Å². The predicted molar refractivity (Wildman–Crippen MR) is 113 cm³/mol. The zero-order valence-electron chi connectivity index (χ0n) is 16.6. The first-order chi connectivity index (χ1) is 13.4. The molecule has 27 heavy (non-hydrogen) atoms. The van der Waals surface area contributed by atoms with Gasteiger partial charge in [0, 0.05) is 18.3 Å². The molecule has 1 heteroatoms. The molecule has 2 aromatic rings. The fourth-order valence-electron chi connectivity index (χ4n) is 4.04. The van der Waals surface area contributed by atoms with Crippen LogP contribution in [0.15, 0.2) is 60.7 Å². The lowest BCUT2D eigenvalue weighted by Crippen LogP contribution is -2.26. The van der Waals surface area contributed by atoms with Crippen molar-refractivity contribution in [3.8, 4) is 11.8 Å². The molecule has 0 saturated heterocycles. The van der Waals surface area contributed by atoms with Crippen molar-refractivity contribution < 1.29 is 4.74 Å². The molecule has 142 valence electrons. The maximum Gasteiger partial charge on any atom is 0.0869 e. The van der Waals surface area contributed by atoms with Gasteiger partial charge in [-0.3, -0.25) is 0 Å². The molecule has 3 atom stereocenters. The van der Waals surface area contributed by atoms with E-state index in [1.165, 1.54) is 49.7 Å². The summed E-state index contributed by atoms with van der Waals surface area (Å²) in [7, 11) is 0. The minimum Gasteiger partial charge on any atom is -0.369 e. The van der Waals surface area contributed by atoms with E-state index in [2.05, 4.69) is 79.4 Å². The molecule has 1 nitrogen and oxygen atoms in total. The van der Waals surface area contributed by atoms with Gasteiger partial charge in [0.25, 0.3) is 0 Å². The third kappa shape index (κ3) is 5.98. The highest BCUT2D eigenvalue weighted by molar-refractivity contribution is 5.21. The van der Waals surface area contributed by atoms with Crippen LogP contribution in [-0.2, 0) is 11.3 Å². The van der Waals surface area contributed by atoms with Gasteiger partial charge in [-0.05, 0) is 30.4 Å². The van der Waals surface area contributed by atoms with Gasteiger partial charge in [0.15, 0.2) is 0 Å². The zero-order valence-corrected chi connectivity index (χ0v) is 16.6. The monoisotopic (exact) mass is 360 g/mol. The van der Waals surface area contributed by atoms with Crippen LogP contribution in [0.5, 0.6) is 0 Å². The second-order valence-electron chi connectivity index (χ2n) is 7.61. The number of unbranched alkanes of at least 4 members (excludes halogenated alkanes) is 2. The largest absolute Gasteiger partial charge is 0.369 e. The van der Waals surface area contributed by atoms with Gasteiger partial charge in [-0.25, -0.2) is 0 Å². The summed E-state index contributed by atoms with van der Waals surface area (Å²) in [5, 5.41) is 0. The smallest absolute Gasteiger partial charge is 0.0869 e. The molecular formula is C26H32O. The first-order valence-corrected chi connectivity index (χ1v) is 10.6. The highest BCUT2D eigenvalue weighted by Gasteiger charge is 2.32. The molecule has 2 aromatic carbocycles. The van der Waals surface area contributed by atoms with Crippen molar-refractivity contribution in [1.29, 1.82) is 0 Å². The van der Waals surface area contributed by atoms with E-state index in [-0.39, 0.29) is 6.10 Å². The van der Waals surface area contributed by atoms with Crippen molar-refractivity contribution in [3.63, 3.8) is 0 Å². The van der Waals surface area contributed by atoms with Gasteiger partial charge in [-0.2, -0.15) is 0 Å². The SMILES string of the molecule is CCCCC#C[C@H]1CCCC[C@@H]1[C@@H](OCc1ccccc1)c1ccccc1. The van der Waals surface area contributed by atoms with Crippen molar-refractivity contribution >= 4 is 0 Å². The number of hydrogen-bond donors (Lipinski definition) is 0. The van der Waals surface area contributed by atoms with Crippen LogP contribution in [0.2, 0.25) is 0 Å². The van der Waals surface area contributed by atoms with Crippen molar-refractivity contribution in [2.24, 2.45) is 11.8 Å². The quantitative estimate of drug-likeness (QED) is 0.383. The van der Waals surface area contributed by atoms with E-state index in [9.17, 15) is 0 Å². The van der Waals surface area contributed by atoms with Crippen LogP contribution < -0.4 is 0 Å². The molecule has 0 spiro atoms. The maximum atomic E-state index is 6.54. The first-order valence-electron chi connectivity index (χ1n) is 10.6. The molecule has 0 bridgehead atoms. The van der Waals surface area contributed by atoms with E-state index in [0.717, 1.165) is 6.42 Å². The Kier molecular flexibility index (Phi) is 8.00.